The van der Waals surface area contributed by atoms with E-state index in [1.807, 2.05) is 0 Å². The number of rotatable bonds is 10. The van der Waals surface area contributed by atoms with Crippen molar-refractivity contribution in [2.24, 2.45) is 0 Å². The van der Waals surface area contributed by atoms with Crippen LogP contribution in [0.15, 0.2) is 0 Å². The SMILES string of the molecule is CCC[CH2][InH][CH2]CCCOCC1CCCO1. The molecule has 0 radical (unpaired) electrons. The first-order valence-corrected chi connectivity index (χ1v) is 12.8. The van der Waals surface area contributed by atoms with E-state index in [1.54, 1.807) is 8.35 Å². The Morgan fingerprint density at radius 3 is 2.88 bits per heavy atom. The van der Waals surface area contributed by atoms with Crippen molar-refractivity contribution >= 4 is 22.9 Å². The molecule has 0 amide bonds. The zero-order chi connectivity index (χ0) is 11.5. The molecule has 0 aromatic rings. The van der Waals surface area contributed by atoms with Crippen molar-refractivity contribution in [3.05, 3.63) is 0 Å². The standard InChI is InChI=1S/C9H17O2.C4H9.In.H/c1-2-3-6-10-8-9-5-4-7-11-9;1-3-4-2;;/h9H,1-8H2;1,3-4H2,2H3;;. The maximum atomic E-state index is 5.64. The Morgan fingerprint density at radius 1 is 1.25 bits per heavy atom. The molecule has 1 saturated heterocycles. The first-order chi connectivity index (χ1) is 7.93. The van der Waals surface area contributed by atoms with Crippen molar-refractivity contribution in [2.45, 2.75) is 59.9 Å². The van der Waals surface area contributed by atoms with E-state index < -0.39 is 0 Å². The van der Waals surface area contributed by atoms with Crippen molar-refractivity contribution in [3.63, 3.8) is 0 Å². The Labute approximate surface area is 112 Å². The van der Waals surface area contributed by atoms with Gasteiger partial charge >= 0.3 is 112 Å². The third kappa shape index (κ3) is 7.97. The van der Waals surface area contributed by atoms with Gasteiger partial charge in [-0.1, -0.05) is 0 Å². The summed E-state index contributed by atoms with van der Waals surface area (Å²) in [5.74, 6) is 0. The van der Waals surface area contributed by atoms with E-state index >= 15 is 0 Å². The number of unbranched alkanes of at least 4 members (excludes halogenated alkanes) is 2. The molecule has 1 aliphatic heterocycles. The van der Waals surface area contributed by atoms with E-state index in [0.717, 1.165) is 19.8 Å². The topological polar surface area (TPSA) is 18.5 Å². The maximum absolute atomic E-state index is 5.64. The second-order valence-corrected chi connectivity index (χ2v) is 10.9. The second kappa shape index (κ2) is 10.9. The molecule has 1 aliphatic rings. The molecule has 1 fully saturated rings. The summed E-state index contributed by atoms with van der Waals surface area (Å²) < 4.78 is 14.4. The van der Waals surface area contributed by atoms with Crippen LogP contribution < -0.4 is 0 Å². The van der Waals surface area contributed by atoms with E-state index in [0.29, 0.717) is 6.10 Å². The molecule has 94 valence electrons. The Hall–Kier alpha value is 0.790. The van der Waals surface area contributed by atoms with Crippen LogP contribution in [-0.2, 0) is 9.47 Å². The molecule has 16 heavy (non-hydrogen) atoms. The van der Waals surface area contributed by atoms with E-state index in [9.17, 15) is 0 Å². The molecule has 0 saturated carbocycles. The van der Waals surface area contributed by atoms with Crippen molar-refractivity contribution in [3.8, 4) is 0 Å². The molecule has 1 atom stereocenters. The third-order valence-electron chi connectivity index (χ3n) is 3.22. The van der Waals surface area contributed by atoms with Gasteiger partial charge in [-0.15, -0.1) is 0 Å². The average Bonchev–Trinajstić information content (AvgIpc) is 2.80. The van der Waals surface area contributed by atoms with E-state index in [2.05, 4.69) is 6.92 Å². The molecular weight excluding hydrogens is 303 g/mol. The molecule has 0 N–H and O–H groups in total. The average molecular weight is 330 g/mol. The first kappa shape index (κ1) is 14.8. The van der Waals surface area contributed by atoms with Gasteiger partial charge in [0.1, 0.15) is 0 Å². The molecule has 3 heteroatoms. The predicted molar refractivity (Wildman–Crippen MR) is 70.7 cm³/mol. The van der Waals surface area contributed by atoms with Crippen LogP contribution in [0.5, 0.6) is 0 Å². The van der Waals surface area contributed by atoms with Gasteiger partial charge in [-0.25, -0.2) is 0 Å². The quantitative estimate of drug-likeness (QED) is 0.573. The monoisotopic (exact) mass is 330 g/mol. The minimum absolute atomic E-state index is 0.308. The van der Waals surface area contributed by atoms with Crippen LogP contribution in [-0.4, -0.2) is 48.8 Å². The van der Waals surface area contributed by atoms with Crippen molar-refractivity contribution in [2.75, 3.05) is 19.8 Å². The fourth-order valence-electron chi connectivity index (χ4n) is 2.15. The Kier molecular flexibility index (Phi) is 10.1. The van der Waals surface area contributed by atoms with Crippen LogP contribution in [0, 0.1) is 0 Å². The number of hydrogen-bond donors (Lipinski definition) is 0. The Bertz CT molecular complexity index is 147. The van der Waals surface area contributed by atoms with Crippen molar-refractivity contribution in [1.29, 1.82) is 0 Å². The molecule has 0 aliphatic carbocycles. The van der Waals surface area contributed by atoms with Gasteiger partial charge in [0.2, 0.25) is 0 Å². The summed E-state index contributed by atoms with van der Waals surface area (Å²) in [5.41, 5.74) is 0. The fraction of sp³-hybridized carbons (Fsp3) is 1.00. The summed E-state index contributed by atoms with van der Waals surface area (Å²) in [6.45, 7) is 5.03. The summed E-state index contributed by atoms with van der Waals surface area (Å²) >= 11 is -0.308. The summed E-state index contributed by atoms with van der Waals surface area (Å²) in [7, 11) is 0. The van der Waals surface area contributed by atoms with Gasteiger partial charge in [-0.2, -0.15) is 0 Å². The summed E-state index contributed by atoms with van der Waals surface area (Å²) in [4.78, 5) is 0. The number of hydrogen-bond acceptors (Lipinski definition) is 2. The molecule has 1 unspecified atom stereocenters. The van der Waals surface area contributed by atoms with Gasteiger partial charge in [0.25, 0.3) is 0 Å². The molecule has 1 rings (SSSR count). The van der Waals surface area contributed by atoms with E-state index in [-0.39, 0.29) is 22.9 Å². The Balaban J connectivity index is 1.71. The van der Waals surface area contributed by atoms with E-state index in [1.165, 1.54) is 38.5 Å². The minimum atomic E-state index is -0.308. The van der Waals surface area contributed by atoms with Gasteiger partial charge in [0.05, 0.1) is 0 Å². The first-order valence-electron chi connectivity index (χ1n) is 7.13. The summed E-state index contributed by atoms with van der Waals surface area (Å²) in [5, 5.41) is 0. The van der Waals surface area contributed by atoms with Crippen LogP contribution in [0.25, 0.3) is 0 Å². The van der Waals surface area contributed by atoms with Gasteiger partial charge in [-0.05, 0) is 0 Å². The second-order valence-electron chi connectivity index (χ2n) is 4.83. The van der Waals surface area contributed by atoms with Crippen molar-refractivity contribution in [1.82, 2.24) is 0 Å². The predicted octanol–water partition coefficient (Wildman–Crippen LogP) is 3.04. The van der Waals surface area contributed by atoms with Crippen LogP contribution in [0.2, 0.25) is 8.35 Å². The fourth-order valence-corrected chi connectivity index (χ4v) is 7.62. The molecule has 0 spiro atoms. The van der Waals surface area contributed by atoms with Crippen LogP contribution >= 0.6 is 0 Å². The normalized spacial score (nSPS) is 20.2. The van der Waals surface area contributed by atoms with Crippen LogP contribution in [0.4, 0.5) is 0 Å². The Morgan fingerprint density at radius 2 is 2.12 bits per heavy atom. The zero-order valence-corrected chi connectivity index (χ0v) is 14.9. The number of ether oxygens (including phenoxy) is 2. The third-order valence-corrected chi connectivity index (χ3v) is 8.93. The van der Waals surface area contributed by atoms with Gasteiger partial charge < -0.3 is 0 Å². The van der Waals surface area contributed by atoms with E-state index in [4.69, 9.17) is 9.47 Å². The molecule has 1 heterocycles. The summed E-state index contributed by atoms with van der Waals surface area (Å²) in [6.07, 6.45) is 8.41. The summed E-state index contributed by atoms with van der Waals surface area (Å²) in [6, 6.07) is 0. The van der Waals surface area contributed by atoms with Gasteiger partial charge in [0, 0.05) is 0 Å². The molecule has 0 aromatic heterocycles. The molecule has 0 bridgehead atoms. The molecule has 0 aromatic carbocycles. The molecule has 2 nitrogen and oxygen atoms in total. The molecular formula is C13H27InO2. The van der Waals surface area contributed by atoms with Crippen LogP contribution in [0.1, 0.15) is 45.4 Å². The van der Waals surface area contributed by atoms with Crippen LogP contribution in [0.3, 0.4) is 0 Å². The van der Waals surface area contributed by atoms with Gasteiger partial charge in [-0.3, -0.25) is 0 Å². The zero-order valence-electron chi connectivity index (χ0n) is 10.9. The van der Waals surface area contributed by atoms with Crippen molar-refractivity contribution < 1.29 is 9.47 Å². The van der Waals surface area contributed by atoms with Gasteiger partial charge in [0.15, 0.2) is 0 Å².